The summed E-state index contributed by atoms with van der Waals surface area (Å²) in [5.41, 5.74) is 6.59. The zero-order valence-electron chi connectivity index (χ0n) is 18.7. The minimum absolute atomic E-state index is 0.0740. The number of hydrogen-bond acceptors (Lipinski definition) is 4. The quantitative estimate of drug-likeness (QED) is 0.385. The van der Waals surface area contributed by atoms with Crippen LogP contribution in [0.5, 0.6) is 0 Å². The van der Waals surface area contributed by atoms with Crippen molar-refractivity contribution in [1.82, 2.24) is 9.97 Å². The highest BCUT2D eigenvalue weighted by atomic mass is 35.5. The predicted octanol–water partition coefficient (Wildman–Crippen LogP) is 7.32. The Bertz CT molecular complexity index is 1210. The average Bonchev–Trinajstić information content (AvgIpc) is 3.72. The molecule has 1 N–H and O–H groups in total. The van der Waals surface area contributed by atoms with Crippen molar-refractivity contribution in [3.63, 3.8) is 0 Å². The van der Waals surface area contributed by atoms with Gasteiger partial charge >= 0.3 is 0 Å². The Morgan fingerprint density at radius 3 is 2.45 bits per heavy atom. The normalized spacial score (nSPS) is 21.8. The van der Waals surface area contributed by atoms with Crippen LogP contribution in [0.15, 0.2) is 42.5 Å². The first-order valence-electron chi connectivity index (χ1n) is 12.0. The van der Waals surface area contributed by atoms with Crippen molar-refractivity contribution in [2.45, 2.75) is 63.0 Å². The number of fused-ring (bicyclic) bond motifs is 1. The highest BCUT2D eigenvalue weighted by Crippen LogP contribution is 2.49. The number of anilines is 1. The van der Waals surface area contributed by atoms with Gasteiger partial charge in [-0.15, -0.1) is 0 Å². The summed E-state index contributed by atoms with van der Waals surface area (Å²) in [5.74, 6) is 1.80. The number of ether oxygens (including phenoxy) is 1. The fourth-order valence-electron chi connectivity index (χ4n) is 4.98. The molecule has 4 nitrogen and oxygen atoms in total. The van der Waals surface area contributed by atoms with Crippen LogP contribution in [0.1, 0.15) is 73.0 Å². The van der Waals surface area contributed by atoms with E-state index in [4.69, 9.17) is 37.9 Å². The maximum absolute atomic E-state index is 6.61. The van der Waals surface area contributed by atoms with Crippen LogP contribution in [0.3, 0.4) is 0 Å². The molecule has 6 heteroatoms. The molecular weight excluding hydrogens is 453 g/mol. The smallest absolute Gasteiger partial charge is 0.148 e. The van der Waals surface area contributed by atoms with E-state index in [0.29, 0.717) is 28.5 Å². The average molecular weight is 480 g/mol. The van der Waals surface area contributed by atoms with Crippen LogP contribution >= 0.6 is 23.2 Å². The van der Waals surface area contributed by atoms with Crippen molar-refractivity contribution in [3.8, 4) is 11.3 Å². The van der Waals surface area contributed by atoms with Crippen LogP contribution in [0.4, 0.5) is 5.82 Å². The standard InChI is InChI=1S/C27H27Cl2N3O/c1-2-33-22-13-17-5-3-4-6-19(17)25(22)32-27-24(16-9-10-16)30-26(23(31-27)15-7-8-15)20-12-11-18(28)14-21(20)29/h3-6,11-12,14-16,22,25H,2,7-10,13H2,1H3,(H,31,32). The minimum Gasteiger partial charge on any atom is -0.376 e. The zero-order valence-corrected chi connectivity index (χ0v) is 20.2. The molecule has 3 aliphatic carbocycles. The molecule has 0 radical (unpaired) electrons. The van der Waals surface area contributed by atoms with Gasteiger partial charge in [0.05, 0.1) is 34.3 Å². The summed E-state index contributed by atoms with van der Waals surface area (Å²) < 4.78 is 6.16. The van der Waals surface area contributed by atoms with E-state index in [1.807, 2.05) is 12.1 Å². The van der Waals surface area contributed by atoms with Gasteiger partial charge in [-0.1, -0.05) is 47.5 Å². The van der Waals surface area contributed by atoms with Crippen molar-refractivity contribution >= 4 is 29.0 Å². The number of hydrogen-bond donors (Lipinski definition) is 1. The Kier molecular flexibility index (Phi) is 5.56. The molecule has 2 fully saturated rings. The van der Waals surface area contributed by atoms with Gasteiger partial charge in [0.25, 0.3) is 0 Å². The number of benzene rings is 2. The lowest BCUT2D eigenvalue weighted by molar-refractivity contribution is 0.0573. The summed E-state index contributed by atoms with van der Waals surface area (Å²) in [4.78, 5) is 10.5. The van der Waals surface area contributed by atoms with Gasteiger partial charge in [0, 0.05) is 35.4 Å². The third-order valence-corrected chi connectivity index (χ3v) is 7.47. The Balaban J connectivity index is 1.44. The second-order valence-corrected chi connectivity index (χ2v) is 10.2. The number of aromatic nitrogens is 2. The second-order valence-electron chi connectivity index (χ2n) is 9.38. The van der Waals surface area contributed by atoms with Crippen LogP contribution in [0, 0.1) is 0 Å². The number of nitrogens with zero attached hydrogens (tertiary/aromatic N) is 2. The Hall–Kier alpha value is -2.14. The molecule has 0 amide bonds. The molecule has 0 saturated heterocycles. The van der Waals surface area contributed by atoms with E-state index in [1.54, 1.807) is 6.07 Å². The lowest BCUT2D eigenvalue weighted by atomic mass is 10.0. The summed E-state index contributed by atoms with van der Waals surface area (Å²) in [6.07, 6.45) is 5.59. The van der Waals surface area contributed by atoms with Gasteiger partial charge < -0.3 is 10.1 Å². The molecule has 0 aliphatic heterocycles. The number of halogens is 2. The fourth-order valence-corrected chi connectivity index (χ4v) is 5.47. The van der Waals surface area contributed by atoms with Crippen LogP contribution in [-0.2, 0) is 11.2 Å². The molecule has 2 atom stereocenters. The summed E-state index contributed by atoms with van der Waals surface area (Å²) in [6, 6.07) is 14.4. The maximum Gasteiger partial charge on any atom is 0.148 e. The fraction of sp³-hybridized carbons (Fsp3) is 0.407. The van der Waals surface area contributed by atoms with Gasteiger partial charge in [-0.3, -0.25) is 0 Å². The minimum atomic E-state index is 0.0740. The van der Waals surface area contributed by atoms with E-state index in [9.17, 15) is 0 Å². The molecule has 170 valence electrons. The summed E-state index contributed by atoms with van der Waals surface area (Å²) in [7, 11) is 0. The monoisotopic (exact) mass is 479 g/mol. The predicted molar refractivity (Wildman–Crippen MR) is 133 cm³/mol. The van der Waals surface area contributed by atoms with Crippen molar-refractivity contribution in [1.29, 1.82) is 0 Å². The molecule has 1 aromatic heterocycles. The molecular formula is C27H27Cl2N3O. The van der Waals surface area contributed by atoms with Crippen molar-refractivity contribution < 1.29 is 4.74 Å². The molecule has 6 rings (SSSR count). The van der Waals surface area contributed by atoms with E-state index in [0.717, 1.165) is 60.6 Å². The van der Waals surface area contributed by atoms with Crippen LogP contribution < -0.4 is 5.32 Å². The molecule has 2 saturated carbocycles. The third kappa shape index (κ3) is 4.14. The molecule has 3 aliphatic rings. The topological polar surface area (TPSA) is 47.0 Å². The van der Waals surface area contributed by atoms with Gasteiger partial charge in [-0.25, -0.2) is 9.97 Å². The first kappa shape index (κ1) is 21.4. The first-order chi connectivity index (χ1) is 16.1. The lowest BCUT2D eigenvalue weighted by Crippen LogP contribution is -2.26. The molecule has 1 heterocycles. The van der Waals surface area contributed by atoms with Crippen molar-refractivity contribution in [2.75, 3.05) is 11.9 Å². The van der Waals surface area contributed by atoms with Gasteiger partial charge in [0.1, 0.15) is 5.82 Å². The van der Waals surface area contributed by atoms with Crippen molar-refractivity contribution in [2.24, 2.45) is 0 Å². The number of rotatable bonds is 7. The molecule has 3 aromatic rings. The van der Waals surface area contributed by atoms with Gasteiger partial charge in [-0.05, 0) is 61.9 Å². The zero-order chi connectivity index (χ0) is 22.5. The van der Waals surface area contributed by atoms with Crippen molar-refractivity contribution in [3.05, 3.63) is 75.0 Å². The molecule has 2 aromatic carbocycles. The molecule has 0 spiro atoms. The third-order valence-electron chi connectivity index (χ3n) is 6.92. The van der Waals surface area contributed by atoms with E-state index < -0.39 is 0 Å². The van der Waals surface area contributed by atoms with E-state index >= 15 is 0 Å². The maximum atomic E-state index is 6.61. The lowest BCUT2D eigenvalue weighted by Gasteiger charge is -2.24. The molecule has 33 heavy (non-hydrogen) atoms. The SMILES string of the molecule is CCOC1Cc2ccccc2C1Nc1nc(C2CC2)c(-c2ccc(Cl)cc2Cl)nc1C1CC1. The van der Waals surface area contributed by atoms with Crippen LogP contribution in [0.25, 0.3) is 11.3 Å². The molecule has 0 bridgehead atoms. The highest BCUT2D eigenvalue weighted by molar-refractivity contribution is 6.36. The summed E-state index contributed by atoms with van der Waals surface area (Å²) in [5, 5.41) is 5.05. The summed E-state index contributed by atoms with van der Waals surface area (Å²) in [6.45, 7) is 2.75. The van der Waals surface area contributed by atoms with Gasteiger partial charge in [0.15, 0.2) is 0 Å². The van der Waals surface area contributed by atoms with E-state index in [2.05, 4.69) is 36.5 Å². The Labute approximate surface area is 204 Å². The first-order valence-corrected chi connectivity index (χ1v) is 12.7. The van der Waals surface area contributed by atoms with E-state index in [-0.39, 0.29) is 12.1 Å². The number of nitrogens with one attached hydrogen (secondary N) is 1. The molecule has 2 unspecified atom stereocenters. The van der Waals surface area contributed by atoms with Gasteiger partial charge in [-0.2, -0.15) is 0 Å². The largest absolute Gasteiger partial charge is 0.376 e. The Morgan fingerprint density at radius 2 is 1.73 bits per heavy atom. The van der Waals surface area contributed by atoms with E-state index in [1.165, 1.54) is 11.1 Å². The van der Waals surface area contributed by atoms with Crippen LogP contribution in [0.2, 0.25) is 10.0 Å². The van der Waals surface area contributed by atoms with Crippen LogP contribution in [-0.4, -0.2) is 22.7 Å². The van der Waals surface area contributed by atoms with Gasteiger partial charge in [0.2, 0.25) is 0 Å². The second kappa shape index (κ2) is 8.57. The summed E-state index contributed by atoms with van der Waals surface area (Å²) >= 11 is 12.8. The highest BCUT2D eigenvalue weighted by Gasteiger charge is 2.38. The Morgan fingerprint density at radius 1 is 0.970 bits per heavy atom.